The lowest BCUT2D eigenvalue weighted by Gasteiger charge is -2.63. The van der Waals surface area contributed by atoms with Crippen LogP contribution in [0.25, 0.3) is 0 Å². The minimum Gasteiger partial charge on any atom is -0.394 e. The SMILES string of the molecule is CC(C)CCC[C@@H](C)[C@H]1CC[C@H]2[C@@H]3CC[C@@H]4C[C@@](C)(O[C@]5(CO)O[C@H](CO)[C@@H](O)[C@@H]5O)CC[C@]4(C)[C@H]3CC[C@]12C. The molecule has 6 heteroatoms. The summed E-state index contributed by atoms with van der Waals surface area (Å²) in [5.41, 5.74) is 0.238. The molecule has 0 bridgehead atoms. The number of ether oxygens (including phenoxy) is 2. The third kappa shape index (κ3) is 5.13. The van der Waals surface area contributed by atoms with Crippen molar-refractivity contribution in [2.75, 3.05) is 13.2 Å². The molecule has 0 spiro atoms. The quantitative estimate of drug-likeness (QED) is 0.287. The van der Waals surface area contributed by atoms with Gasteiger partial charge in [0.15, 0.2) is 0 Å². The van der Waals surface area contributed by atoms with Gasteiger partial charge in [-0.15, -0.1) is 0 Å². The Hall–Kier alpha value is -0.240. The first-order valence-electron chi connectivity index (χ1n) is 16.8. The van der Waals surface area contributed by atoms with E-state index in [9.17, 15) is 20.4 Å². The Morgan fingerprint density at radius 1 is 0.850 bits per heavy atom. The third-order valence-corrected chi connectivity index (χ3v) is 13.5. The Balaban J connectivity index is 1.26. The molecule has 0 radical (unpaired) electrons. The van der Waals surface area contributed by atoms with E-state index in [1.165, 1.54) is 57.8 Å². The molecule has 0 aromatic heterocycles. The van der Waals surface area contributed by atoms with Crippen molar-refractivity contribution in [3.05, 3.63) is 0 Å². The van der Waals surface area contributed by atoms with Gasteiger partial charge in [0, 0.05) is 0 Å². The zero-order valence-corrected chi connectivity index (χ0v) is 26.3. The maximum absolute atomic E-state index is 10.8. The highest BCUT2D eigenvalue weighted by Gasteiger charge is 2.63. The summed E-state index contributed by atoms with van der Waals surface area (Å²) in [6.45, 7) is 13.6. The summed E-state index contributed by atoms with van der Waals surface area (Å²) in [6.07, 6.45) is 11.4. The van der Waals surface area contributed by atoms with Crippen LogP contribution < -0.4 is 0 Å². The van der Waals surface area contributed by atoms with Crippen molar-refractivity contribution in [3.63, 3.8) is 0 Å². The molecule has 1 heterocycles. The van der Waals surface area contributed by atoms with Gasteiger partial charge in [-0.1, -0.05) is 53.9 Å². The summed E-state index contributed by atoms with van der Waals surface area (Å²) < 4.78 is 12.3. The standard InChI is InChI=1S/C34H60O6/c1-21(2)8-7-9-22(3)25-12-13-26-24-11-10-23-18-31(4,16-17-32(23,5)27(24)14-15-33(25,26)6)40-34(20-36)30(38)29(37)28(19-35)39-34/h21-30,35-38H,7-20H2,1-6H3/t22-,23-,24+,25-,26+,27+,28-,29-,30+,31+,32+,33-,34+/m1/s1. The molecule has 4 saturated carbocycles. The predicted molar refractivity (Wildman–Crippen MR) is 156 cm³/mol. The molecule has 4 N–H and O–H groups in total. The molecule has 5 aliphatic rings. The number of aliphatic hydroxyl groups is 4. The van der Waals surface area contributed by atoms with E-state index in [4.69, 9.17) is 9.47 Å². The number of hydrogen-bond acceptors (Lipinski definition) is 6. The molecule has 6 nitrogen and oxygen atoms in total. The summed E-state index contributed by atoms with van der Waals surface area (Å²) >= 11 is 0. The Bertz CT molecular complexity index is 880. The van der Waals surface area contributed by atoms with Crippen LogP contribution >= 0.6 is 0 Å². The van der Waals surface area contributed by atoms with E-state index in [2.05, 4.69) is 41.5 Å². The second kappa shape index (κ2) is 11.4. The molecule has 5 fully saturated rings. The van der Waals surface area contributed by atoms with E-state index in [0.29, 0.717) is 16.7 Å². The van der Waals surface area contributed by atoms with E-state index in [1.807, 2.05) is 0 Å². The van der Waals surface area contributed by atoms with Gasteiger partial charge in [0.25, 0.3) is 0 Å². The first-order chi connectivity index (χ1) is 18.8. The minimum atomic E-state index is -1.69. The van der Waals surface area contributed by atoms with Crippen molar-refractivity contribution in [2.24, 2.45) is 52.3 Å². The number of fused-ring (bicyclic) bond motifs is 5. The molecular formula is C34H60O6. The fourth-order valence-electron chi connectivity index (χ4n) is 11.2. The monoisotopic (exact) mass is 564 g/mol. The first-order valence-corrected chi connectivity index (χ1v) is 16.8. The van der Waals surface area contributed by atoms with Gasteiger partial charge in [-0.3, -0.25) is 0 Å². The lowest BCUT2D eigenvalue weighted by atomic mass is 9.43. The van der Waals surface area contributed by atoms with E-state index in [1.54, 1.807) is 0 Å². The zero-order chi connectivity index (χ0) is 29.1. The van der Waals surface area contributed by atoms with Crippen LogP contribution in [-0.2, 0) is 9.47 Å². The topological polar surface area (TPSA) is 99.4 Å². The normalized spacial score (nSPS) is 51.4. The van der Waals surface area contributed by atoms with Crippen molar-refractivity contribution in [1.82, 2.24) is 0 Å². The van der Waals surface area contributed by atoms with Crippen LogP contribution in [0.3, 0.4) is 0 Å². The average Bonchev–Trinajstić information content (AvgIpc) is 3.38. The van der Waals surface area contributed by atoms with Crippen molar-refractivity contribution in [2.45, 2.75) is 148 Å². The minimum absolute atomic E-state index is 0.294. The molecule has 13 atom stereocenters. The summed E-state index contributed by atoms with van der Waals surface area (Å²) in [6, 6.07) is 0. The molecule has 0 aromatic carbocycles. The Morgan fingerprint density at radius 2 is 1.57 bits per heavy atom. The van der Waals surface area contributed by atoms with E-state index in [-0.39, 0.29) is 0 Å². The van der Waals surface area contributed by atoms with Crippen molar-refractivity contribution >= 4 is 0 Å². The van der Waals surface area contributed by atoms with Crippen LogP contribution in [0.5, 0.6) is 0 Å². The van der Waals surface area contributed by atoms with E-state index in [0.717, 1.165) is 54.8 Å². The molecule has 1 aliphatic heterocycles. The molecule has 5 rings (SSSR count). The third-order valence-electron chi connectivity index (χ3n) is 13.5. The predicted octanol–water partition coefficient (Wildman–Crippen LogP) is 5.68. The van der Waals surface area contributed by atoms with Gasteiger partial charge in [-0.25, -0.2) is 0 Å². The number of aliphatic hydroxyl groups excluding tert-OH is 4. The molecule has 1 saturated heterocycles. The highest BCUT2D eigenvalue weighted by Crippen LogP contribution is 2.69. The maximum Gasteiger partial charge on any atom is 0.222 e. The Morgan fingerprint density at radius 3 is 2.23 bits per heavy atom. The molecule has 4 aliphatic carbocycles. The zero-order valence-electron chi connectivity index (χ0n) is 26.3. The molecule has 0 amide bonds. The highest BCUT2D eigenvalue weighted by atomic mass is 16.7. The van der Waals surface area contributed by atoms with Crippen LogP contribution in [0.2, 0.25) is 0 Å². The fourth-order valence-corrected chi connectivity index (χ4v) is 11.2. The van der Waals surface area contributed by atoms with Gasteiger partial charge < -0.3 is 29.9 Å². The van der Waals surface area contributed by atoms with Gasteiger partial charge in [-0.05, 0) is 117 Å². The fraction of sp³-hybridized carbons (Fsp3) is 1.00. The average molecular weight is 565 g/mol. The molecule has 40 heavy (non-hydrogen) atoms. The summed E-state index contributed by atoms with van der Waals surface area (Å²) in [5, 5.41) is 41.0. The smallest absolute Gasteiger partial charge is 0.222 e. The Labute approximate surface area is 243 Å². The van der Waals surface area contributed by atoms with Crippen LogP contribution in [-0.4, -0.2) is 63.3 Å². The largest absolute Gasteiger partial charge is 0.394 e. The maximum atomic E-state index is 10.8. The van der Waals surface area contributed by atoms with Crippen LogP contribution in [0.4, 0.5) is 0 Å². The van der Waals surface area contributed by atoms with Gasteiger partial charge in [0.1, 0.15) is 24.9 Å². The second-order valence-electron chi connectivity index (χ2n) is 16.2. The van der Waals surface area contributed by atoms with Gasteiger partial charge in [0.2, 0.25) is 5.79 Å². The Kier molecular flexibility index (Phi) is 8.86. The van der Waals surface area contributed by atoms with Crippen molar-refractivity contribution in [1.29, 1.82) is 0 Å². The van der Waals surface area contributed by atoms with Crippen molar-refractivity contribution < 1.29 is 29.9 Å². The van der Waals surface area contributed by atoms with Crippen LogP contribution in [0.15, 0.2) is 0 Å². The van der Waals surface area contributed by atoms with Gasteiger partial charge in [0.05, 0.1) is 12.2 Å². The second-order valence-corrected chi connectivity index (χ2v) is 16.2. The van der Waals surface area contributed by atoms with Crippen molar-refractivity contribution in [3.8, 4) is 0 Å². The van der Waals surface area contributed by atoms with Crippen LogP contribution in [0.1, 0.15) is 119 Å². The highest BCUT2D eigenvalue weighted by molar-refractivity contribution is 5.11. The van der Waals surface area contributed by atoms with Gasteiger partial charge >= 0.3 is 0 Å². The number of rotatable bonds is 9. The summed E-state index contributed by atoms with van der Waals surface area (Å²) in [7, 11) is 0. The molecular weight excluding hydrogens is 504 g/mol. The van der Waals surface area contributed by atoms with Gasteiger partial charge in [-0.2, -0.15) is 0 Å². The van der Waals surface area contributed by atoms with E-state index < -0.39 is 42.9 Å². The lowest BCUT2D eigenvalue weighted by Crippen LogP contribution is -2.59. The molecule has 232 valence electrons. The summed E-state index contributed by atoms with van der Waals surface area (Å²) in [4.78, 5) is 0. The molecule has 0 unspecified atom stereocenters. The number of hydrogen-bond donors (Lipinski definition) is 4. The lowest BCUT2D eigenvalue weighted by molar-refractivity contribution is -0.329. The summed E-state index contributed by atoms with van der Waals surface area (Å²) in [5.74, 6) is 3.84. The molecule has 0 aromatic rings. The van der Waals surface area contributed by atoms with Crippen LogP contribution in [0, 0.1) is 52.3 Å². The van der Waals surface area contributed by atoms with E-state index >= 15 is 0 Å². The first kappa shape index (κ1) is 31.2.